The number of carbonyl (C=O) groups excluding carboxylic acids is 1. The molecule has 0 bridgehead atoms. The monoisotopic (exact) mass is 223 g/mol. The first-order valence-corrected chi connectivity index (χ1v) is 6.36. The van der Waals surface area contributed by atoms with Crippen molar-refractivity contribution in [2.24, 2.45) is 5.73 Å². The molecule has 0 aliphatic carbocycles. The van der Waals surface area contributed by atoms with E-state index in [-0.39, 0.29) is 12.7 Å². The van der Waals surface area contributed by atoms with Crippen molar-refractivity contribution < 1.29 is 18.8 Å². The Morgan fingerprint density at radius 2 is 2.21 bits per heavy atom. The van der Waals surface area contributed by atoms with Crippen molar-refractivity contribution in [2.75, 3.05) is 13.2 Å². The first-order valence-electron chi connectivity index (χ1n) is 4.35. The molecule has 0 spiro atoms. The lowest BCUT2D eigenvalue weighted by Crippen LogP contribution is -2.43. The highest BCUT2D eigenvalue weighted by atomic mass is 28.4. The zero-order chi connectivity index (χ0) is 11.0. The largest absolute Gasteiger partial charge is 0.495 e. The maximum absolute atomic E-state index is 10.2. The predicted molar refractivity (Wildman–Crippen MR) is 52.0 cm³/mol. The zero-order valence-electron chi connectivity index (χ0n) is 8.12. The van der Waals surface area contributed by atoms with Gasteiger partial charge in [0.1, 0.15) is 0 Å². The standard InChI is InChI=1S/C6H17N3O4Si/c1-2-13-14(11,12)5-3-4-8-9-6(7)10/h8,11-12H,2-5H2,1H3,(H3,7,9,10). The third kappa shape index (κ3) is 7.95. The molecule has 0 saturated carbocycles. The quantitative estimate of drug-likeness (QED) is 0.205. The number of carbonyl (C=O) groups is 1. The number of nitrogens with one attached hydrogen (secondary N) is 2. The molecule has 0 aromatic heterocycles. The second-order valence-corrected chi connectivity index (χ2v) is 4.97. The smallest absolute Gasteiger partial charge is 0.390 e. The average molecular weight is 223 g/mol. The second kappa shape index (κ2) is 6.73. The molecule has 2 amide bonds. The van der Waals surface area contributed by atoms with Gasteiger partial charge in [0, 0.05) is 19.2 Å². The van der Waals surface area contributed by atoms with Crippen LogP contribution >= 0.6 is 0 Å². The topological polar surface area (TPSA) is 117 Å². The van der Waals surface area contributed by atoms with Gasteiger partial charge >= 0.3 is 14.8 Å². The number of hydrazine groups is 1. The van der Waals surface area contributed by atoms with Crippen molar-refractivity contribution in [2.45, 2.75) is 19.4 Å². The van der Waals surface area contributed by atoms with E-state index in [1.54, 1.807) is 6.92 Å². The van der Waals surface area contributed by atoms with Gasteiger partial charge in [-0.15, -0.1) is 0 Å². The van der Waals surface area contributed by atoms with Gasteiger partial charge in [0.2, 0.25) is 0 Å². The average Bonchev–Trinajstić information content (AvgIpc) is 2.02. The van der Waals surface area contributed by atoms with Crippen LogP contribution in [0.3, 0.4) is 0 Å². The van der Waals surface area contributed by atoms with Crippen LogP contribution in [0, 0.1) is 0 Å². The van der Waals surface area contributed by atoms with Crippen LogP contribution in [0.5, 0.6) is 0 Å². The first kappa shape index (κ1) is 13.3. The molecule has 8 heteroatoms. The first-order chi connectivity index (χ1) is 6.48. The van der Waals surface area contributed by atoms with Gasteiger partial charge < -0.3 is 19.8 Å². The van der Waals surface area contributed by atoms with Crippen LogP contribution in [-0.4, -0.2) is 37.6 Å². The Labute approximate surface area is 83.6 Å². The lowest BCUT2D eigenvalue weighted by Gasteiger charge is -2.16. The Morgan fingerprint density at radius 3 is 2.71 bits per heavy atom. The van der Waals surface area contributed by atoms with Crippen molar-refractivity contribution in [3.8, 4) is 0 Å². The zero-order valence-corrected chi connectivity index (χ0v) is 9.12. The molecule has 0 unspecified atom stereocenters. The summed E-state index contributed by atoms with van der Waals surface area (Å²) in [5.41, 5.74) is 9.46. The number of urea groups is 1. The lowest BCUT2D eigenvalue weighted by molar-refractivity contribution is 0.155. The highest BCUT2D eigenvalue weighted by molar-refractivity contribution is 6.57. The van der Waals surface area contributed by atoms with E-state index in [1.807, 2.05) is 0 Å². The Kier molecular flexibility index (Phi) is 6.41. The van der Waals surface area contributed by atoms with Gasteiger partial charge in [-0.05, 0) is 13.3 Å². The van der Waals surface area contributed by atoms with Gasteiger partial charge in [0.15, 0.2) is 0 Å². The van der Waals surface area contributed by atoms with Crippen LogP contribution < -0.4 is 16.6 Å². The maximum Gasteiger partial charge on any atom is 0.495 e. The molecule has 6 N–H and O–H groups in total. The fourth-order valence-corrected chi connectivity index (χ4v) is 2.10. The highest BCUT2D eigenvalue weighted by Crippen LogP contribution is 2.05. The van der Waals surface area contributed by atoms with E-state index in [1.165, 1.54) is 0 Å². The molecule has 0 aromatic rings. The number of hydrogen-bond donors (Lipinski definition) is 5. The summed E-state index contributed by atoms with van der Waals surface area (Å²) in [5, 5.41) is 0. The molecule has 0 fully saturated rings. The molecule has 0 aliphatic rings. The van der Waals surface area contributed by atoms with Crippen LogP contribution in [-0.2, 0) is 4.43 Å². The third-order valence-electron chi connectivity index (χ3n) is 1.39. The minimum atomic E-state index is -3.46. The van der Waals surface area contributed by atoms with E-state index in [0.29, 0.717) is 13.0 Å². The molecule has 0 heterocycles. The molecule has 7 nitrogen and oxygen atoms in total. The van der Waals surface area contributed by atoms with Gasteiger partial charge in [-0.3, -0.25) is 5.43 Å². The predicted octanol–water partition coefficient (Wildman–Crippen LogP) is -1.49. The summed E-state index contributed by atoms with van der Waals surface area (Å²) in [7, 11) is -3.46. The summed E-state index contributed by atoms with van der Waals surface area (Å²) in [6, 6.07) is -0.486. The summed E-state index contributed by atoms with van der Waals surface area (Å²) in [4.78, 5) is 28.7. The Morgan fingerprint density at radius 1 is 1.57 bits per heavy atom. The molecule has 84 valence electrons. The number of nitrogens with two attached hydrogens (primary N) is 1. The minimum Gasteiger partial charge on any atom is -0.390 e. The SMILES string of the molecule is CCO[Si](O)(O)CCCNNC(N)=O. The van der Waals surface area contributed by atoms with Crippen molar-refractivity contribution in [1.82, 2.24) is 10.9 Å². The van der Waals surface area contributed by atoms with Crippen LogP contribution in [0.1, 0.15) is 13.3 Å². The van der Waals surface area contributed by atoms with Gasteiger partial charge in [-0.1, -0.05) is 0 Å². The normalized spacial score (nSPS) is 11.4. The van der Waals surface area contributed by atoms with E-state index in [9.17, 15) is 14.4 Å². The fourth-order valence-electron chi connectivity index (χ4n) is 0.860. The summed E-state index contributed by atoms with van der Waals surface area (Å²) in [6.45, 7) is 2.39. The van der Waals surface area contributed by atoms with E-state index < -0.39 is 14.8 Å². The van der Waals surface area contributed by atoms with Crippen LogP contribution in [0.2, 0.25) is 6.04 Å². The van der Waals surface area contributed by atoms with Crippen molar-refractivity contribution in [1.29, 1.82) is 0 Å². The molecule has 0 aliphatic heterocycles. The molecule has 0 atom stereocenters. The summed E-state index contributed by atoms with van der Waals surface area (Å²) < 4.78 is 4.77. The molecule has 0 aromatic carbocycles. The van der Waals surface area contributed by atoms with Gasteiger partial charge in [0.25, 0.3) is 0 Å². The number of primary amides is 1. The molecular formula is C6H17N3O4Si. The number of amides is 2. The maximum atomic E-state index is 10.2. The molecular weight excluding hydrogens is 206 g/mol. The highest BCUT2D eigenvalue weighted by Gasteiger charge is 2.30. The van der Waals surface area contributed by atoms with E-state index in [4.69, 9.17) is 10.2 Å². The third-order valence-corrected chi connectivity index (χ3v) is 3.15. The van der Waals surface area contributed by atoms with Gasteiger partial charge in [-0.25, -0.2) is 10.2 Å². The summed E-state index contributed by atoms with van der Waals surface area (Å²) >= 11 is 0. The number of hydrogen-bond acceptors (Lipinski definition) is 5. The van der Waals surface area contributed by atoms with Gasteiger partial charge in [-0.2, -0.15) is 0 Å². The van der Waals surface area contributed by atoms with Gasteiger partial charge in [0.05, 0.1) is 0 Å². The minimum absolute atomic E-state index is 0.189. The molecule has 0 radical (unpaired) electrons. The van der Waals surface area contributed by atoms with Crippen molar-refractivity contribution >= 4 is 14.8 Å². The second-order valence-electron chi connectivity index (χ2n) is 2.70. The lowest BCUT2D eigenvalue weighted by atomic mass is 10.5. The number of rotatable bonds is 7. The molecule has 0 saturated heterocycles. The van der Waals surface area contributed by atoms with E-state index >= 15 is 0 Å². The van der Waals surface area contributed by atoms with Crippen LogP contribution in [0.4, 0.5) is 4.79 Å². The van der Waals surface area contributed by atoms with E-state index in [0.717, 1.165) is 0 Å². The summed E-state index contributed by atoms with van der Waals surface area (Å²) in [6.07, 6.45) is 0.486. The van der Waals surface area contributed by atoms with Crippen LogP contribution in [0.15, 0.2) is 0 Å². The fraction of sp³-hybridized carbons (Fsp3) is 0.833. The molecule has 0 rings (SSSR count). The van der Waals surface area contributed by atoms with E-state index in [2.05, 4.69) is 10.9 Å². The summed E-state index contributed by atoms with van der Waals surface area (Å²) in [5.74, 6) is 0. The Balaban J connectivity index is 3.39. The van der Waals surface area contributed by atoms with Crippen molar-refractivity contribution in [3.63, 3.8) is 0 Å². The molecule has 14 heavy (non-hydrogen) atoms. The van der Waals surface area contributed by atoms with Crippen LogP contribution in [0.25, 0.3) is 0 Å². The Bertz CT molecular complexity index is 178. The van der Waals surface area contributed by atoms with Crippen molar-refractivity contribution in [3.05, 3.63) is 0 Å². The Hall–Kier alpha value is -0.673.